The molecule has 7 rings (SSSR count). The molecule has 0 amide bonds. The molecule has 0 unspecified atom stereocenters. The van der Waals surface area contributed by atoms with E-state index in [0.29, 0.717) is 31.1 Å². The molecule has 6 aromatic rings. The maximum Gasteiger partial charge on any atom is 0.188 e. The van der Waals surface area contributed by atoms with Gasteiger partial charge in [0.2, 0.25) is 0 Å². The summed E-state index contributed by atoms with van der Waals surface area (Å²) in [5.41, 5.74) is 4.37. The predicted molar refractivity (Wildman–Crippen MR) is 148 cm³/mol. The van der Waals surface area contributed by atoms with Gasteiger partial charge < -0.3 is 19.3 Å². The highest BCUT2D eigenvalue weighted by Crippen LogP contribution is 2.36. The van der Waals surface area contributed by atoms with Crippen LogP contribution in [0.15, 0.2) is 60.9 Å². The molecule has 2 N–H and O–H groups in total. The van der Waals surface area contributed by atoms with Gasteiger partial charge in [0.25, 0.3) is 0 Å². The highest BCUT2D eigenvalue weighted by atomic mass is 32.1. The van der Waals surface area contributed by atoms with Crippen LogP contribution in [0.1, 0.15) is 15.2 Å². The minimum absolute atomic E-state index is 0.278. The van der Waals surface area contributed by atoms with Gasteiger partial charge in [-0.3, -0.25) is 9.89 Å². The monoisotopic (exact) mass is 524 g/mol. The van der Waals surface area contributed by atoms with Gasteiger partial charge >= 0.3 is 0 Å². The molecule has 5 heterocycles. The van der Waals surface area contributed by atoms with Crippen molar-refractivity contribution < 1.29 is 14.6 Å². The number of aromatic nitrogens is 5. The number of Topliss-reactive ketones (excluding diaryl/α,β-unsaturated/α-hetero) is 1. The van der Waals surface area contributed by atoms with Gasteiger partial charge in [0.1, 0.15) is 6.61 Å². The molecule has 10 heteroatoms. The number of ketones is 1. The molecule has 0 bridgehead atoms. The Morgan fingerprint density at radius 1 is 1.11 bits per heavy atom. The second-order valence-corrected chi connectivity index (χ2v) is 10.5. The molecule has 1 aliphatic rings. The first-order chi connectivity index (χ1) is 18.7. The van der Waals surface area contributed by atoms with Crippen LogP contribution < -0.4 is 4.90 Å². The number of anilines is 1. The summed E-state index contributed by atoms with van der Waals surface area (Å²) in [4.78, 5) is 25.5. The molecule has 1 saturated heterocycles. The maximum atomic E-state index is 11.9. The number of H-pyrrole nitrogens is 1. The number of rotatable bonds is 6. The number of aliphatic hydroxyl groups is 1. The largest absolute Gasteiger partial charge is 0.388 e. The van der Waals surface area contributed by atoms with E-state index in [2.05, 4.69) is 25.7 Å². The third kappa shape index (κ3) is 3.94. The fraction of sp³-hybridized carbons (Fsp3) is 0.214. The molecule has 2 aromatic carbocycles. The van der Waals surface area contributed by atoms with Gasteiger partial charge in [-0.1, -0.05) is 12.1 Å². The SMILES string of the molecule is O=C(CO)c1ccc2c(ccn2Cc2cc3nc(-c4cccc5[nH]ncc45)nc(N4CCOCC4)c3s2)c1. The van der Waals surface area contributed by atoms with E-state index in [1.807, 2.05) is 48.8 Å². The van der Waals surface area contributed by atoms with Gasteiger partial charge in [-0.15, -0.1) is 11.3 Å². The van der Waals surface area contributed by atoms with Crippen LogP contribution in [0.25, 0.3) is 43.4 Å². The summed E-state index contributed by atoms with van der Waals surface area (Å²) in [6.45, 7) is 3.10. The minimum atomic E-state index is -0.488. The smallest absolute Gasteiger partial charge is 0.188 e. The van der Waals surface area contributed by atoms with Crippen LogP contribution in [0.4, 0.5) is 5.82 Å². The number of aromatic amines is 1. The van der Waals surface area contributed by atoms with Crippen LogP contribution >= 0.6 is 11.3 Å². The van der Waals surface area contributed by atoms with Crippen molar-refractivity contribution in [3.8, 4) is 11.4 Å². The first kappa shape index (κ1) is 23.0. The average Bonchev–Trinajstić information content (AvgIpc) is 3.70. The number of fused-ring (bicyclic) bond motifs is 3. The van der Waals surface area contributed by atoms with Crippen molar-refractivity contribution >= 4 is 55.0 Å². The van der Waals surface area contributed by atoms with Gasteiger partial charge in [-0.2, -0.15) is 5.10 Å². The second kappa shape index (κ2) is 9.32. The number of aliphatic hydroxyl groups excluding tert-OH is 1. The summed E-state index contributed by atoms with van der Waals surface area (Å²) in [6.07, 6.45) is 3.85. The number of hydrogen-bond acceptors (Lipinski definition) is 8. The van der Waals surface area contributed by atoms with E-state index >= 15 is 0 Å². The van der Waals surface area contributed by atoms with Crippen LogP contribution in [-0.4, -0.2) is 68.5 Å². The molecule has 1 fully saturated rings. The van der Waals surface area contributed by atoms with E-state index in [4.69, 9.17) is 14.7 Å². The van der Waals surface area contributed by atoms with Crippen molar-refractivity contribution in [2.24, 2.45) is 0 Å². The molecule has 0 saturated carbocycles. The molecule has 9 nitrogen and oxygen atoms in total. The molecule has 4 aromatic heterocycles. The molecule has 0 radical (unpaired) electrons. The van der Waals surface area contributed by atoms with Crippen LogP contribution in [-0.2, 0) is 11.3 Å². The van der Waals surface area contributed by atoms with Gasteiger partial charge in [-0.25, -0.2) is 9.97 Å². The molecule has 0 spiro atoms. The summed E-state index contributed by atoms with van der Waals surface area (Å²) in [6, 6.07) is 15.7. The number of hydrogen-bond donors (Lipinski definition) is 2. The Hall–Kier alpha value is -4.12. The predicted octanol–water partition coefficient (Wildman–Crippen LogP) is 4.25. The molecular weight excluding hydrogens is 500 g/mol. The van der Waals surface area contributed by atoms with E-state index < -0.39 is 6.61 Å². The summed E-state index contributed by atoms with van der Waals surface area (Å²) in [5, 5.41) is 18.4. The number of carbonyl (C=O) groups excluding carboxylic acids is 1. The number of ether oxygens (including phenoxy) is 1. The number of benzene rings is 2. The zero-order chi connectivity index (χ0) is 25.6. The van der Waals surface area contributed by atoms with Crippen molar-refractivity contribution in [1.29, 1.82) is 0 Å². The Balaban J connectivity index is 1.31. The third-order valence-electron chi connectivity index (χ3n) is 7.00. The molecule has 0 aliphatic carbocycles. The quantitative estimate of drug-likeness (QED) is 0.314. The molecule has 38 heavy (non-hydrogen) atoms. The Morgan fingerprint density at radius 2 is 2.00 bits per heavy atom. The third-order valence-corrected chi connectivity index (χ3v) is 8.11. The highest BCUT2D eigenvalue weighted by molar-refractivity contribution is 7.19. The normalized spacial score (nSPS) is 14.2. The van der Waals surface area contributed by atoms with Crippen LogP contribution in [0, 0.1) is 0 Å². The standard InChI is InChI=1S/C28H24N6O3S/c35-16-25(36)18-4-5-24-17(12-18)6-7-34(24)15-19-13-23-26(38-19)28(33-8-10-37-11-9-33)31-27(30-23)20-2-1-3-22-21(20)14-29-32-22/h1-7,12-14,35H,8-11,15-16H2,(H,29,32). The van der Waals surface area contributed by atoms with Crippen LogP contribution in [0.5, 0.6) is 0 Å². The van der Waals surface area contributed by atoms with Crippen molar-refractivity contribution in [3.05, 3.63) is 71.4 Å². The summed E-state index contributed by atoms with van der Waals surface area (Å²) in [7, 11) is 0. The molecule has 0 atom stereocenters. The summed E-state index contributed by atoms with van der Waals surface area (Å²) >= 11 is 1.71. The van der Waals surface area contributed by atoms with Crippen molar-refractivity contribution in [3.63, 3.8) is 0 Å². The first-order valence-electron chi connectivity index (χ1n) is 12.5. The molecule has 1 aliphatic heterocycles. The van der Waals surface area contributed by atoms with Crippen molar-refractivity contribution in [2.45, 2.75) is 6.54 Å². The lowest BCUT2D eigenvalue weighted by Gasteiger charge is -2.28. The van der Waals surface area contributed by atoms with Gasteiger partial charge in [-0.05, 0) is 36.4 Å². The average molecular weight is 525 g/mol. The zero-order valence-electron chi connectivity index (χ0n) is 20.4. The zero-order valence-corrected chi connectivity index (χ0v) is 21.2. The van der Waals surface area contributed by atoms with Crippen molar-refractivity contribution in [2.75, 3.05) is 37.8 Å². The number of morpholine rings is 1. The Morgan fingerprint density at radius 3 is 2.87 bits per heavy atom. The summed E-state index contributed by atoms with van der Waals surface area (Å²) in [5.74, 6) is 1.35. The molecular formula is C28H24N6O3S. The Bertz CT molecular complexity index is 1810. The van der Waals surface area contributed by atoms with Gasteiger partial charge in [0.15, 0.2) is 17.4 Å². The highest BCUT2D eigenvalue weighted by Gasteiger charge is 2.21. The Kier molecular flexibility index (Phi) is 5.65. The van der Waals surface area contributed by atoms with Crippen LogP contribution in [0.2, 0.25) is 0 Å². The van der Waals surface area contributed by atoms with Gasteiger partial charge in [0.05, 0.1) is 41.7 Å². The Labute approximate surface area is 221 Å². The number of nitrogens with zero attached hydrogens (tertiary/aromatic N) is 5. The van der Waals surface area contributed by atoms with Crippen LogP contribution in [0.3, 0.4) is 0 Å². The number of carbonyl (C=O) groups is 1. The number of nitrogens with one attached hydrogen (secondary N) is 1. The van der Waals surface area contributed by atoms with E-state index in [0.717, 1.165) is 61.4 Å². The van der Waals surface area contributed by atoms with E-state index in [-0.39, 0.29) is 5.78 Å². The van der Waals surface area contributed by atoms with E-state index in [1.54, 1.807) is 17.4 Å². The topological polar surface area (TPSA) is 109 Å². The lowest BCUT2D eigenvalue weighted by atomic mass is 10.1. The first-order valence-corrected chi connectivity index (χ1v) is 13.3. The van der Waals surface area contributed by atoms with Crippen molar-refractivity contribution in [1.82, 2.24) is 24.7 Å². The lowest BCUT2D eigenvalue weighted by molar-refractivity contribution is 0.0904. The van der Waals surface area contributed by atoms with Gasteiger partial charge in [0, 0.05) is 51.6 Å². The van der Waals surface area contributed by atoms with E-state index in [1.165, 1.54) is 0 Å². The molecule has 190 valence electrons. The fourth-order valence-corrected chi connectivity index (χ4v) is 6.20. The number of thiophene rings is 1. The van der Waals surface area contributed by atoms with E-state index in [9.17, 15) is 9.90 Å². The summed E-state index contributed by atoms with van der Waals surface area (Å²) < 4.78 is 8.85. The lowest BCUT2D eigenvalue weighted by Crippen LogP contribution is -2.36. The fourth-order valence-electron chi connectivity index (χ4n) is 5.09. The minimum Gasteiger partial charge on any atom is -0.388 e. The maximum absolute atomic E-state index is 11.9. The second-order valence-electron chi connectivity index (χ2n) is 9.33.